The van der Waals surface area contributed by atoms with Crippen LogP contribution in [0.15, 0.2) is 30.3 Å². The maximum atomic E-state index is 11.8. The van der Waals surface area contributed by atoms with Gasteiger partial charge in [-0.2, -0.15) is 0 Å². The number of hydrogen-bond donors (Lipinski definition) is 3. The third-order valence-electron chi connectivity index (χ3n) is 2.79. The molecule has 7 nitrogen and oxygen atoms in total. The van der Waals surface area contributed by atoms with E-state index in [2.05, 4.69) is 5.32 Å². The fraction of sp³-hybridized carbons (Fsp3) is 0.385. The molecule has 0 heterocycles. The van der Waals surface area contributed by atoms with Gasteiger partial charge in [-0.25, -0.2) is 4.79 Å². The highest BCUT2D eigenvalue weighted by molar-refractivity contribution is 7.58. The number of amides is 1. The first-order chi connectivity index (χ1) is 9.81. The fourth-order valence-corrected chi connectivity index (χ4v) is 2.69. The number of benzene rings is 1. The van der Waals surface area contributed by atoms with Crippen LogP contribution in [0.1, 0.15) is 18.9 Å². The van der Waals surface area contributed by atoms with E-state index in [0.717, 1.165) is 5.56 Å². The molecule has 0 aromatic heterocycles. The summed E-state index contributed by atoms with van der Waals surface area (Å²) in [5.41, 5.74) is 0.790. The van der Waals surface area contributed by atoms with E-state index in [1.807, 2.05) is 6.07 Å². The van der Waals surface area contributed by atoms with E-state index in [1.54, 1.807) is 24.3 Å². The van der Waals surface area contributed by atoms with E-state index < -0.39 is 37.8 Å². The lowest BCUT2D eigenvalue weighted by molar-refractivity contribution is -0.136. The molecule has 21 heavy (non-hydrogen) atoms. The summed E-state index contributed by atoms with van der Waals surface area (Å²) in [4.78, 5) is 31.6. The molecule has 8 heteroatoms. The average Bonchev–Trinajstić information content (AvgIpc) is 2.44. The summed E-state index contributed by atoms with van der Waals surface area (Å²) in [5.74, 6) is -2.23. The van der Waals surface area contributed by atoms with Crippen LogP contribution in [0.25, 0.3) is 0 Å². The highest BCUT2D eigenvalue weighted by Crippen LogP contribution is 2.45. The number of rotatable bonds is 7. The molecule has 0 fully saturated rings. The van der Waals surface area contributed by atoms with Crippen molar-refractivity contribution < 1.29 is 28.9 Å². The van der Waals surface area contributed by atoms with Crippen LogP contribution < -0.4 is 5.32 Å². The van der Waals surface area contributed by atoms with Crippen molar-refractivity contribution in [1.82, 2.24) is 5.32 Å². The van der Waals surface area contributed by atoms with Crippen LogP contribution in [0.3, 0.4) is 0 Å². The van der Waals surface area contributed by atoms with Gasteiger partial charge in [0.2, 0.25) is 7.37 Å². The first-order valence-corrected chi connectivity index (χ1v) is 8.23. The summed E-state index contributed by atoms with van der Waals surface area (Å²) in [6.45, 7) is 1.39. The molecule has 0 spiro atoms. The summed E-state index contributed by atoms with van der Waals surface area (Å²) in [5, 5.41) is 10.8. The molecule has 3 N–H and O–H groups in total. The van der Waals surface area contributed by atoms with Gasteiger partial charge < -0.3 is 20.1 Å². The van der Waals surface area contributed by atoms with Crippen molar-refractivity contribution in [3.8, 4) is 0 Å². The number of ether oxygens (including phenoxy) is 1. The molecule has 0 aliphatic rings. The van der Waals surface area contributed by atoms with E-state index >= 15 is 0 Å². The molecule has 0 saturated heterocycles. The Balaban J connectivity index is 2.42. The Morgan fingerprint density at radius 1 is 1.33 bits per heavy atom. The van der Waals surface area contributed by atoms with Gasteiger partial charge in [0.05, 0.1) is 6.42 Å². The lowest BCUT2D eigenvalue weighted by Gasteiger charge is -2.19. The minimum absolute atomic E-state index is 0.0459. The second-order valence-electron chi connectivity index (χ2n) is 4.51. The van der Waals surface area contributed by atoms with Crippen molar-refractivity contribution in [3.63, 3.8) is 0 Å². The van der Waals surface area contributed by atoms with Gasteiger partial charge in [-0.3, -0.25) is 9.36 Å². The van der Waals surface area contributed by atoms with Gasteiger partial charge in [0.1, 0.15) is 12.4 Å². The number of nitrogens with one attached hydrogen (secondary N) is 1. The molecule has 0 aliphatic heterocycles. The fourth-order valence-electron chi connectivity index (χ4n) is 1.49. The normalized spacial score (nSPS) is 14.8. The quantitative estimate of drug-likeness (QED) is 0.663. The SMILES string of the molecule is CC(NC(=O)OCc1ccccc1)P(=O)(O)CCC(=O)O. The standard InChI is InChI=1S/C13H18NO6P/c1-10(21(18,19)8-7-12(15)16)14-13(17)20-9-11-5-3-2-4-6-11/h2-6,10H,7-9H2,1H3,(H,14,17)(H,15,16)(H,18,19). The zero-order valence-electron chi connectivity index (χ0n) is 11.6. The third-order valence-corrected chi connectivity index (χ3v) is 4.99. The number of aliphatic carboxylic acids is 1. The second kappa shape index (κ2) is 7.81. The van der Waals surface area contributed by atoms with Crippen molar-refractivity contribution in [1.29, 1.82) is 0 Å². The Morgan fingerprint density at radius 3 is 2.52 bits per heavy atom. The lowest BCUT2D eigenvalue weighted by Crippen LogP contribution is -2.33. The van der Waals surface area contributed by atoms with Crippen molar-refractivity contribution in [2.45, 2.75) is 25.7 Å². The Hall–Kier alpha value is -1.85. The summed E-state index contributed by atoms with van der Waals surface area (Å²) >= 11 is 0. The summed E-state index contributed by atoms with van der Waals surface area (Å²) in [6, 6.07) is 8.98. The zero-order chi connectivity index (χ0) is 15.9. The van der Waals surface area contributed by atoms with Crippen LogP contribution in [0, 0.1) is 0 Å². The largest absolute Gasteiger partial charge is 0.481 e. The van der Waals surface area contributed by atoms with Crippen LogP contribution >= 0.6 is 7.37 Å². The molecule has 2 unspecified atom stereocenters. The molecular formula is C13H18NO6P. The molecule has 0 saturated carbocycles. The molecule has 1 aromatic rings. The second-order valence-corrected chi connectivity index (χ2v) is 7.24. The van der Waals surface area contributed by atoms with Crippen LogP contribution in [-0.2, 0) is 20.7 Å². The van der Waals surface area contributed by atoms with Crippen LogP contribution in [-0.4, -0.2) is 34.0 Å². The summed E-state index contributed by atoms with van der Waals surface area (Å²) in [7, 11) is -3.78. The molecule has 0 radical (unpaired) electrons. The summed E-state index contributed by atoms with van der Waals surface area (Å²) < 4.78 is 16.8. The first-order valence-electron chi connectivity index (χ1n) is 6.32. The maximum Gasteiger partial charge on any atom is 0.408 e. The number of hydrogen-bond acceptors (Lipinski definition) is 4. The summed E-state index contributed by atoms with van der Waals surface area (Å²) in [6.07, 6.45) is -1.66. The number of carbonyl (C=O) groups is 2. The first kappa shape index (κ1) is 17.2. The minimum Gasteiger partial charge on any atom is -0.481 e. The van der Waals surface area contributed by atoms with E-state index in [4.69, 9.17) is 9.84 Å². The molecule has 1 rings (SSSR count). The van der Waals surface area contributed by atoms with Crippen molar-refractivity contribution >= 4 is 19.4 Å². The van der Waals surface area contributed by atoms with Crippen molar-refractivity contribution in [3.05, 3.63) is 35.9 Å². The van der Waals surface area contributed by atoms with Crippen LogP contribution in [0.2, 0.25) is 0 Å². The van der Waals surface area contributed by atoms with Crippen LogP contribution in [0.4, 0.5) is 4.79 Å². The predicted molar refractivity (Wildman–Crippen MR) is 76.2 cm³/mol. The zero-order valence-corrected chi connectivity index (χ0v) is 12.5. The molecular weight excluding hydrogens is 297 g/mol. The molecule has 1 aromatic carbocycles. The topological polar surface area (TPSA) is 113 Å². The van der Waals surface area contributed by atoms with Gasteiger partial charge in [-0.05, 0) is 12.5 Å². The Labute approximate surface area is 122 Å². The van der Waals surface area contributed by atoms with Gasteiger partial charge in [0.25, 0.3) is 0 Å². The van der Waals surface area contributed by atoms with Crippen molar-refractivity contribution in [2.24, 2.45) is 0 Å². The lowest BCUT2D eigenvalue weighted by atomic mass is 10.2. The van der Waals surface area contributed by atoms with E-state index in [1.165, 1.54) is 6.92 Å². The number of carbonyl (C=O) groups excluding carboxylic acids is 1. The monoisotopic (exact) mass is 315 g/mol. The highest BCUT2D eigenvalue weighted by Gasteiger charge is 2.29. The minimum atomic E-state index is -3.78. The van der Waals surface area contributed by atoms with Gasteiger partial charge in [0, 0.05) is 6.16 Å². The number of alkyl carbamates (subject to hydrolysis) is 1. The van der Waals surface area contributed by atoms with Crippen molar-refractivity contribution in [2.75, 3.05) is 6.16 Å². The highest BCUT2D eigenvalue weighted by atomic mass is 31.2. The molecule has 1 amide bonds. The molecule has 116 valence electrons. The Morgan fingerprint density at radius 2 is 1.95 bits per heavy atom. The van der Waals surface area contributed by atoms with Gasteiger partial charge in [-0.1, -0.05) is 30.3 Å². The Kier molecular flexibility index (Phi) is 6.39. The predicted octanol–water partition coefficient (Wildman–Crippen LogP) is 2.00. The van der Waals surface area contributed by atoms with Gasteiger partial charge in [-0.15, -0.1) is 0 Å². The maximum absolute atomic E-state index is 11.8. The van der Waals surface area contributed by atoms with Gasteiger partial charge in [0.15, 0.2) is 0 Å². The molecule has 0 aliphatic carbocycles. The number of carboxylic acid groups (broad SMARTS) is 1. The van der Waals surface area contributed by atoms with E-state index in [9.17, 15) is 19.0 Å². The van der Waals surface area contributed by atoms with E-state index in [0.29, 0.717) is 0 Å². The third kappa shape index (κ3) is 6.42. The molecule has 2 atom stereocenters. The van der Waals surface area contributed by atoms with Gasteiger partial charge >= 0.3 is 12.1 Å². The average molecular weight is 315 g/mol. The smallest absolute Gasteiger partial charge is 0.408 e. The Bertz CT molecular complexity index is 533. The van der Waals surface area contributed by atoms with E-state index in [-0.39, 0.29) is 6.61 Å². The van der Waals surface area contributed by atoms with Crippen LogP contribution in [0.5, 0.6) is 0 Å². The molecule has 0 bridgehead atoms. The number of carboxylic acids is 1.